The summed E-state index contributed by atoms with van der Waals surface area (Å²) in [5, 5.41) is 5.35. The van der Waals surface area contributed by atoms with Crippen molar-refractivity contribution in [3.05, 3.63) is 70.3 Å². The van der Waals surface area contributed by atoms with E-state index in [1.807, 2.05) is 69.3 Å². The summed E-state index contributed by atoms with van der Waals surface area (Å²) in [4.78, 5) is 22.0. The molecule has 2 heterocycles. The molecule has 2 aromatic carbocycles. The van der Waals surface area contributed by atoms with Gasteiger partial charge in [-0.2, -0.15) is 4.98 Å². The van der Waals surface area contributed by atoms with E-state index < -0.39 is 0 Å². The zero-order valence-electron chi connectivity index (χ0n) is 15.9. The third kappa shape index (κ3) is 3.57. The molecule has 0 saturated heterocycles. The third-order valence-electron chi connectivity index (χ3n) is 4.36. The molecule has 0 spiro atoms. The van der Waals surface area contributed by atoms with Crippen molar-refractivity contribution >= 4 is 22.7 Å². The van der Waals surface area contributed by atoms with Crippen LogP contribution in [-0.2, 0) is 5.75 Å². The first-order valence-electron chi connectivity index (χ1n) is 9.06. The molecule has 0 aliphatic heterocycles. The molecule has 0 saturated carbocycles. The Hall–Kier alpha value is -2.93. The molecule has 0 aliphatic carbocycles. The normalized spacial score (nSPS) is 11.4. The number of rotatable bonds is 5. The minimum absolute atomic E-state index is 0.00218. The molecule has 0 fully saturated rings. The van der Waals surface area contributed by atoms with E-state index in [-0.39, 0.29) is 11.6 Å². The second-order valence-corrected chi connectivity index (χ2v) is 7.79. The summed E-state index contributed by atoms with van der Waals surface area (Å²) in [7, 11) is 0. The Labute approximate surface area is 166 Å². The van der Waals surface area contributed by atoms with Crippen LogP contribution >= 0.6 is 11.8 Å². The number of nitrogens with zero attached hydrogens (tertiary/aromatic N) is 4. The standard InChI is InChI=1S/C21H20N4O2S/c1-13(2)25-20(26)16-9-4-5-10-17(16)22-21(25)28-12-18-23-19(24-27-18)15-8-6-7-14(3)11-15/h4-11,13H,12H2,1-3H3. The number of hydrogen-bond acceptors (Lipinski definition) is 6. The maximum atomic E-state index is 12.9. The van der Waals surface area contributed by atoms with E-state index in [2.05, 4.69) is 15.1 Å². The molecule has 4 aromatic rings. The van der Waals surface area contributed by atoms with Crippen LogP contribution in [0, 0.1) is 6.92 Å². The van der Waals surface area contributed by atoms with Crippen molar-refractivity contribution in [2.75, 3.05) is 0 Å². The Kier molecular flexibility index (Phi) is 5.00. The molecule has 28 heavy (non-hydrogen) atoms. The maximum absolute atomic E-state index is 12.9. The van der Waals surface area contributed by atoms with Crippen molar-refractivity contribution in [3.8, 4) is 11.4 Å². The number of thioether (sulfide) groups is 1. The summed E-state index contributed by atoms with van der Waals surface area (Å²) in [5.74, 6) is 1.50. The SMILES string of the molecule is Cc1cccc(-c2noc(CSc3nc4ccccc4c(=O)n3C(C)C)n2)c1. The molecule has 4 rings (SSSR count). The number of benzene rings is 2. The van der Waals surface area contributed by atoms with Gasteiger partial charge in [0.05, 0.1) is 16.7 Å². The fourth-order valence-electron chi connectivity index (χ4n) is 3.02. The zero-order valence-corrected chi connectivity index (χ0v) is 16.7. The lowest BCUT2D eigenvalue weighted by Crippen LogP contribution is -2.25. The molecule has 0 radical (unpaired) electrons. The van der Waals surface area contributed by atoms with Gasteiger partial charge in [0.1, 0.15) is 0 Å². The molecule has 0 amide bonds. The Morgan fingerprint density at radius 2 is 1.93 bits per heavy atom. The van der Waals surface area contributed by atoms with E-state index in [9.17, 15) is 4.79 Å². The first kappa shape index (κ1) is 18.4. The average Bonchev–Trinajstić information content (AvgIpc) is 3.15. The fraction of sp³-hybridized carbons (Fsp3) is 0.238. The van der Waals surface area contributed by atoms with Gasteiger partial charge in [0.2, 0.25) is 11.7 Å². The van der Waals surface area contributed by atoms with Gasteiger partial charge in [0.25, 0.3) is 5.56 Å². The molecule has 6 nitrogen and oxygen atoms in total. The summed E-state index contributed by atoms with van der Waals surface area (Å²) in [6.45, 7) is 5.98. The van der Waals surface area contributed by atoms with Crippen LogP contribution in [0.3, 0.4) is 0 Å². The molecule has 0 N–H and O–H groups in total. The number of aromatic nitrogens is 4. The minimum atomic E-state index is -0.0333. The number of aryl methyl sites for hydroxylation is 1. The highest BCUT2D eigenvalue weighted by atomic mass is 32.2. The third-order valence-corrected chi connectivity index (χ3v) is 5.30. The van der Waals surface area contributed by atoms with Crippen LogP contribution in [0.1, 0.15) is 31.3 Å². The maximum Gasteiger partial charge on any atom is 0.262 e. The van der Waals surface area contributed by atoms with Gasteiger partial charge in [-0.3, -0.25) is 9.36 Å². The van der Waals surface area contributed by atoms with Gasteiger partial charge in [-0.25, -0.2) is 4.98 Å². The van der Waals surface area contributed by atoms with Crippen LogP contribution in [0.25, 0.3) is 22.3 Å². The van der Waals surface area contributed by atoms with Crippen LogP contribution in [-0.4, -0.2) is 19.7 Å². The summed E-state index contributed by atoms with van der Waals surface area (Å²) in [6.07, 6.45) is 0. The second kappa shape index (κ2) is 7.59. The number of para-hydroxylation sites is 1. The molecular weight excluding hydrogens is 372 g/mol. The summed E-state index contributed by atoms with van der Waals surface area (Å²) in [6, 6.07) is 15.4. The lowest BCUT2D eigenvalue weighted by molar-refractivity contribution is 0.391. The molecule has 142 valence electrons. The molecule has 7 heteroatoms. The Balaban J connectivity index is 1.63. The molecule has 2 aromatic heterocycles. The first-order chi connectivity index (χ1) is 13.5. The van der Waals surface area contributed by atoms with Crippen molar-refractivity contribution < 1.29 is 4.52 Å². The highest BCUT2D eigenvalue weighted by Crippen LogP contribution is 2.25. The van der Waals surface area contributed by atoms with Crippen molar-refractivity contribution in [3.63, 3.8) is 0 Å². The highest BCUT2D eigenvalue weighted by Gasteiger charge is 2.16. The smallest absolute Gasteiger partial charge is 0.262 e. The minimum Gasteiger partial charge on any atom is -0.338 e. The van der Waals surface area contributed by atoms with Gasteiger partial charge in [0.15, 0.2) is 5.16 Å². The molecule has 0 bridgehead atoms. The van der Waals surface area contributed by atoms with E-state index in [0.717, 1.165) is 11.1 Å². The van der Waals surface area contributed by atoms with Crippen LogP contribution in [0.2, 0.25) is 0 Å². The molecule has 0 atom stereocenters. The van der Waals surface area contributed by atoms with Crippen LogP contribution < -0.4 is 5.56 Å². The zero-order chi connectivity index (χ0) is 19.7. The van der Waals surface area contributed by atoms with Gasteiger partial charge >= 0.3 is 0 Å². The van der Waals surface area contributed by atoms with Crippen molar-refractivity contribution in [2.45, 2.75) is 37.7 Å². The van der Waals surface area contributed by atoms with Gasteiger partial charge < -0.3 is 4.52 Å². The first-order valence-corrected chi connectivity index (χ1v) is 10.0. The van der Waals surface area contributed by atoms with Crippen molar-refractivity contribution in [1.82, 2.24) is 19.7 Å². The fourth-order valence-corrected chi connectivity index (χ4v) is 3.99. The van der Waals surface area contributed by atoms with Gasteiger partial charge in [-0.15, -0.1) is 0 Å². The van der Waals surface area contributed by atoms with E-state index in [1.165, 1.54) is 11.8 Å². The number of hydrogen-bond donors (Lipinski definition) is 0. The van der Waals surface area contributed by atoms with E-state index >= 15 is 0 Å². The monoisotopic (exact) mass is 392 g/mol. The Bertz CT molecular complexity index is 1200. The van der Waals surface area contributed by atoms with Gasteiger partial charge in [-0.05, 0) is 39.0 Å². The predicted molar refractivity (Wildman–Crippen MR) is 110 cm³/mol. The lowest BCUT2D eigenvalue weighted by Gasteiger charge is -2.15. The largest absolute Gasteiger partial charge is 0.338 e. The van der Waals surface area contributed by atoms with Crippen LogP contribution in [0.4, 0.5) is 0 Å². The van der Waals surface area contributed by atoms with E-state index in [0.29, 0.717) is 33.5 Å². The summed E-state index contributed by atoms with van der Waals surface area (Å²) < 4.78 is 7.11. The number of fused-ring (bicyclic) bond motifs is 1. The lowest BCUT2D eigenvalue weighted by atomic mass is 10.1. The highest BCUT2D eigenvalue weighted by molar-refractivity contribution is 7.98. The topological polar surface area (TPSA) is 73.8 Å². The molecule has 0 unspecified atom stereocenters. The van der Waals surface area contributed by atoms with Crippen LogP contribution in [0.15, 0.2) is 63.0 Å². The van der Waals surface area contributed by atoms with Gasteiger partial charge in [-0.1, -0.05) is 52.8 Å². The summed E-state index contributed by atoms with van der Waals surface area (Å²) >= 11 is 1.42. The Morgan fingerprint density at radius 3 is 2.71 bits per heavy atom. The molecular formula is C21H20N4O2S. The van der Waals surface area contributed by atoms with Crippen molar-refractivity contribution in [1.29, 1.82) is 0 Å². The van der Waals surface area contributed by atoms with E-state index in [4.69, 9.17) is 4.52 Å². The average molecular weight is 392 g/mol. The molecule has 0 aliphatic rings. The van der Waals surface area contributed by atoms with Crippen molar-refractivity contribution in [2.24, 2.45) is 0 Å². The van der Waals surface area contributed by atoms with Crippen LogP contribution in [0.5, 0.6) is 0 Å². The predicted octanol–water partition coefficient (Wildman–Crippen LogP) is 4.63. The Morgan fingerprint density at radius 1 is 1.11 bits per heavy atom. The van der Waals surface area contributed by atoms with Gasteiger partial charge in [0, 0.05) is 11.6 Å². The quantitative estimate of drug-likeness (QED) is 0.364. The van der Waals surface area contributed by atoms with E-state index in [1.54, 1.807) is 4.57 Å². The summed E-state index contributed by atoms with van der Waals surface area (Å²) in [5.41, 5.74) is 2.72. The second-order valence-electron chi connectivity index (χ2n) is 6.85.